The molecule has 0 bridgehead atoms. The van der Waals surface area contributed by atoms with Gasteiger partial charge in [-0.1, -0.05) is 21.2 Å². The van der Waals surface area contributed by atoms with Gasteiger partial charge < -0.3 is 4.74 Å². The van der Waals surface area contributed by atoms with E-state index in [9.17, 15) is 22.4 Å². The fourth-order valence-corrected chi connectivity index (χ4v) is 2.65. The molecule has 146 valence electrons. The number of methoxy groups -OCH3 is 1. The summed E-state index contributed by atoms with van der Waals surface area (Å²) in [6.07, 6.45) is -5.54. The number of ether oxygens (including phenoxy) is 1. The first kappa shape index (κ1) is 22.3. The molecule has 0 radical (unpaired) electrons. The number of alkyl halides is 4. The summed E-state index contributed by atoms with van der Waals surface area (Å²) >= 11 is 2.98. The van der Waals surface area contributed by atoms with Gasteiger partial charge in [-0.3, -0.25) is 5.01 Å². The summed E-state index contributed by atoms with van der Waals surface area (Å²) in [5.74, 6) is -2.08. The molecule has 0 aromatic heterocycles. The van der Waals surface area contributed by atoms with Crippen LogP contribution in [-0.2, 0) is 15.2 Å². The first-order valence-corrected chi connectivity index (χ1v) is 8.49. The lowest BCUT2D eigenvalue weighted by Gasteiger charge is -2.28. The molecule has 26 heavy (non-hydrogen) atoms. The molecule has 1 aromatic rings. The Morgan fingerprint density at radius 3 is 2.12 bits per heavy atom. The fraction of sp³-hybridized carbons (Fsp3) is 0.562. The summed E-state index contributed by atoms with van der Waals surface area (Å²) in [7, 11) is 0.681. The van der Waals surface area contributed by atoms with Crippen LogP contribution in [0.1, 0.15) is 33.3 Å². The Morgan fingerprint density at radius 2 is 1.69 bits per heavy atom. The van der Waals surface area contributed by atoms with Gasteiger partial charge in [-0.25, -0.2) is 9.18 Å². The summed E-state index contributed by atoms with van der Waals surface area (Å²) in [6, 6.07) is 3.19. The molecule has 0 spiro atoms. The van der Waals surface area contributed by atoms with E-state index >= 15 is 0 Å². The predicted octanol–water partition coefficient (Wildman–Crippen LogP) is 5.47. The largest absolute Gasteiger partial charge is 0.466 e. The second-order valence-corrected chi connectivity index (χ2v) is 6.98. The van der Waals surface area contributed by atoms with Gasteiger partial charge in [0.1, 0.15) is 0 Å². The molecular formula is C16H20BrF4N3O2. The molecule has 1 rings (SSSR count). The van der Waals surface area contributed by atoms with Gasteiger partial charge in [0, 0.05) is 22.1 Å². The maximum absolute atomic E-state index is 15.0. The molecule has 0 aliphatic rings. The summed E-state index contributed by atoms with van der Waals surface area (Å²) in [5, 5.41) is 9.23. The molecule has 0 aliphatic carbocycles. The Bertz CT molecular complexity index is 672. The third-order valence-corrected chi connectivity index (χ3v) is 3.99. The molecule has 0 aliphatic heterocycles. The summed E-state index contributed by atoms with van der Waals surface area (Å²) in [5.41, 5.74) is -5.80. The average Bonchev–Trinajstić information content (AvgIpc) is 2.52. The van der Waals surface area contributed by atoms with Crippen molar-refractivity contribution in [3.63, 3.8) is 0 Å². The number of carbonyl (C=O) groups is 1. The van der Waals surface area contributed by atoms with E-state index in [0.29, 0.717) is 7.11 Å². The molecule has 0 heterocycles. The van der Waals surface area contributed by atoms with Gasteiger partial charge in [0.15, 0.2) is 0 Å². The summed E-state index contributed by atoms with van der Waals surface area (Å²) < 4.78 is 59.4. The highest BCUT2D eigenvalue weighted by molar-refractivity contribution is 9.10. The van der Waals surface area contributed by atoms with Gasteiger partial charge >= 0.3 is 17.8 Å². The molecule has 5 nitrogen and oxygen atoms in total. The Kier molecular flexibility index (Phi) is 7.15. The van der Waals surface area contributed by atoms with Gasteiger partial charge in [0.05, 0.1) is 12.8 Å². The summed E-state index contributed by atoms with van der Waals surface area (Å²) in [6.45, 7) is 7.30. The molecule has 1 aromatic carbocycles. The van der Waals surface area contributed by atoms with E-state index in [0.717, 1.165) is 12.1 Å². The molecule has 0 saturated heterocycles. The molecular weight excluding hydrogens is 422 g/mol. The zero-order valence-corrected chi connectivity index (χ0v) is 16.5. The second kappa shape index (κ2) is 8.32. The van der Waals surface area contributed by atoms with Crippen LogP contribution in [0.15, 0.2) is 33.0 Å². The van der Waals surface area contributed by atoms with Crippen molar-refractivity contribution in [1.82, 2.24) is 5.01 Å². The summed E-state index contributed by atoms with van der Waals surface area (Å²) in [4.78, 5) is 11.7. The minimum absolute atomic E-state index is 0.0870. The zero-order chi connectivity index (χ0) is 20.3. The van der Waals surface area contributed by atoms with E-state index in [2.05, 4.69) is 31.0 Å². The number of nitrogens with zero attached hydrogens (tertiary/aromatic N) is 3. The smallest absolute Gasteiger partial charge is 0.438 e. The highest BCUT2D eigenvalue weighted by Crippen LogP contribution is 2.47. The zero-order valence-electron chi connectivity index (χ0n) is 14.9. The Hall–Kier alpha value is -1.71. The van der Waals surface area contributed by atoms with Crippen LogP contribution < -0.4 is 0 Å². The molecule has 0 N–H and O–H groups in total. The lowest BCUT2D eigenvalue weighted by Crippen LogP contribution is -2.46. The molecule has 0 saturated carbocycles. The van der Waals surface area contributed by atoms with Crippen LogP contribution in [0.3, 0.4) is 0 Å². The maximum atomic E-state index is 15.0. The standard InChI is InChI=1S/C16H20BrF4N3O2/c1-9(2)24(10(3)4)23-22-13-7-6-11(17)8-12(13)15(18,14(25)26-5)16(19,20)21/h6-10H,1-5H3. The average molecular weight is 442 g/mol. The highest BCUT2D eigenvalue weighted by Gasteiger charge is 2.65. The van der Waals surface area contributed by atoms with E-state index < -0.39 is 29.1 Å². The monoisotopic (exact) mass is 441 g/mol. The number of esters is 1. The topological polar surface area (TPSA) is 54.3 Å². The van der Waals surface area contributed by atoms with Gasteiger partial charge in [0.2, 0.25) is 0 Å². The highest BCUT2D eigenvalue weighted by atomic mass is 79.9. The minimum Gasteiger partial charge on any atom is -0.466 e. The van der Waals surface area contributed by atoms with Crippen LogP contribution in [-0.4, -0.2) is 36.3 Å². The fourth-order valence-electron chi connectivity index (χ4n) is 2.29. The third-order valence-electron chi connectivity index (χ3n) is 3.50. The van der Waals surface area contributed by atoms with Crippen LogP contribution >= 0.6 is 15.9 Å². The van der Waals surface area contributed by atoms with E-state index in [4.69, 9.17) is 0 Å². The Balaban J connectivity index is 3.58. The first-order chi connectivity index (χ1) is 11.9. The van der Waals surface area contributed by atoms with Crippen molar-refractivity contribution >= 4 is 27.6 Å². The van der Waals surface area contributed by atoms with Crippen molar-refractivity contribution in [2.75, 3.05) is 7.11 Å². The van der Waals surface area contributed by atoms with Gasteiger partial charge in [0.25, 0.3) is 0 Å². The lowest BCUT2D eigenvalue weighted by atomic mass is 9.93. The number of halogens is 5. The second-order valence-electron chi connectivity index (χ2n) is 6.07. The number of rotatable bonds is 6. The van der Waals surface area contributed by atoms with Crippen LogP contribution in [0.2, 0.25) is 0 Å². The van der Waals surface area contributed by atoms with Crippen molar-refractivity contribution in [3.8, 4) is 0 Å². The number of hydrogen-bond donors (Lipinski definition) is 0. The number of hydrogen-bond acceptors (Lipinski definition) is 4. The van der Waals surface area contributed by atoms with E-state index in [1.54, 1.807) is 0 Å². The van der Waals surface area contributed by atoms with Gasteiger partial charge in [-0.05, 0) is 45.9 Å². The third kappa shape index (κ3) is 4.52. The van der Waals surface area contributed by atoms with Gasteiger partial charge in [-0.15, -0.1) is 5.11 Å². The normalized spacial score (nSPS) is 14.8. The van der Waals surface area contributed by atoms with Crippen LogP contribution in [0.4, 0.5) is 23.2 Å². The quantitative estimate of drug-likeness (QED) is 0.254. The minimum atomic E-state index is -5.54. The van der Waals surface area contributed by atoms with Crippen LogP contribution in [0.5, 0.6) is 0 Å². The Labute approximate surface area is 157 Å². The van der Waals surface area contributed by atoms with Crippen molar-refractivity contribution in [3.05, 3.63) is 28.2 Å². The van der Waals surface area contributed by atoms with E-state index in [1.165, 1.54) is 11.1 Å². The molecule has 1 unspecified atom stereocenters. The molecule has 10 heteroatoms. The maximum Gasteiger partial charge on any atom is 0.438 e. The molecule has 0 fully saturated rings. The van der Waals surface area contributed by atoms with Crippen molar-refractivity contribution < 1.29 is 27.1 Å². The van der Waals surface area contributed by atoms with Crippen molar-refractivity contribution in [2.24, 2.45) is 10.3 Å². The Morgan fingerprint density at radius 1 is 1.15 bits per heavy atom. The van der Waals surface area contributed by atoms with E-state index in [1.807, 2.05) is 27.7 Å². The van der Waals surface area contributed by atoms with Crippen molar-refractivity contribution in [1.29, 1.82) is 0 Å². The lowest BCUT2D eigenvalue weighted by molar-refractivity contribution is -0.242. The molecule has 0 amide bonds. The molecule has 1 atom stereocenters. The van der Waals surface area contributed by atoms with Crippen LogP contribution in [0.25, 0.3) is 0 Å². The van der Waals surface area contributed by atoms with E-state index in [-0.39, 0.29) is 16.6 Å². The predicted molar refractivity (Wildman–Crippen MR) is 91.6 cm³/mol. The van der Waals surface area contributed by atoms with Crippen molar-refractivity contribution in [2.45, 2.75) is 51.6 Å². The first-order valence-electron chi connectivity index (χ1n) is 7.70. The SMILES string of the molecule is COC(=O)C(F)(c1cc(Br)ccc1N=NN(C(C)C)C(C)C)C(F)(F)F. The number of benzene rings is 1. The van der Waals surface area contributed by atoms with Gasteiger partial charge in [-0.2, -0.15) is 13.2 Å². The number of carbonyl (C=O) groups excluding carboxylic acids is 1. The van der Waals surface area contributed by atoms with Crippen LogP contribution in [0, 0.1) is 0 Å².